The summed E-state index contributed by atoms with van der Waals surface area (Å²) in [4.78, 5) is 0. The maximum atomic E-state index is 2.42. The van der Waals surface area contributed by atoms with Gasteiger partial charge in [-0.25, -0.2) is 0 Å². The normalized spacial score (nSPS) is 19.9. The molecule has 0 amide bonds. The van der Waals surface area contributed by atoms with Crippen LogP contribution in [-0.2, 0) is 11.8 Å². The van der Waals surface area contributed by atoms with Crippen molar-refractivity contribution < 1.29 is 0 Å². The molecule has 0 saturated heterocycles. The van der Waals surface area contributed by atoms with Crippen LogP contribution in [0.15, 0.2) is 127 Å². The molecule has 0 heterocycles. The Hall–Kier alpha value is -3.64. The van der Waals surface area contributed by atoms with Crippen LogP contribution in [0.25, 0.3) is 10.8 Å². The van der Waals surface area contributed by atoms with Crippen molar-refractivity contribution in [2.45, 2.75) is 17.8 Å². The maximum absolute atomic E-state index is 2.42. The van der Waals surface area contributed by atoms with Crippen molar-refractivity contribution in [1.82, 2.24) is 0 Å². The molecule has 1 aliphatic rings. The molecule has 31 heavy (non-hydrogen) atoms. The fourth-order valence-corrected chi connectivity index (χ4v) is 5.71. The topological polar surface area (TPSA) is 0 Å². The smallest absolute Gasteiger partial charge is 0.0525 e. The van der Waals surface area contributed by atoms with E-state index in [0.717, 1.165) is 6.42 Å². The number of fused-ring (bicyclic) bond motifs is 2. The van der Waals surface area contributed by atoms with Gasteiger partial charge in [-0.15, -0.1) is 0 Å². The fraction of sp³-hybridized carbons (Fsp3) is 0.0968. The third-order valence-electron chi connectivity index (χ3n) is 7.02. The number of hydrogen-bond acceptors (Lipinski definition) is 0. The molecule has 0 radical (unpaired) electrons. The first-order chi connectivity index (χ1) is 15.4. The Morgan fingerprint density at radius 1 is 0.516 bits per heavy atom. The van der Waals surface area contributed by atoms with Crippen LogP contribution in [0.4, 0.5) is 0 Å². The molecule has 0 spiro atoms. The Morgan fingerprint density at radius 3 is 1.97 bits per heavy atom. The summed E-state index contributed by atoms with van der Waals surface area (Å²) in [6.45, 7) is 0. The van der Waals surface area contributed by atoms with Gasteiger partial charge in [-0.3, -0.25) is 0 Å². The van der Waals surface area contributed by atoms with Gasteiger partial charge in [0.2, 0.25) is 0 Å². The van der Waals surface area contributed by atoms with Gasteiger partial charge in [0.1, 0.15) is 0 Å². The molecule has 0 bridgehead atoms. The molecule has 1 aliphatic carbocycles. The zero-order valence-corrected chi connectivity index (χ0v) is 17.4. The minimum absolute atomic E-state index is 0.219. The van der Waals surface area contributed by atoms with Crippen molar-refractivity contribution in [3.05, 3.63) is 155 Å². The van der Waals surface area contributed by atoms with E-state index in [4.69, 9.17) is 0 Å². The summed E-state index contributed by atoms with van der Waals surface area (Å²) < 4.78 is 0. The molecular weight excluding hydrogens is 372 g/mol. The van der Waals surface area contributed by atoms with Crippen molar-refractivity contribution in [1.29, 1.82) is 0 Å². The summed E-state index contributed by atoms with van der Waals surface area (Å²) in [5.41, 5.74) is 6.80. The Labute approximate surface area is 183 Å². The van der Waals surface area contributed by atoms with Gasteiger partial charge in [0.15, 0.2) is 0 Å². The third-order valence-corrected chi connectivity index (χ3v) is 7.02. The van der Waals surface area contributed by atoms with Crippen molar-refractivity contribution in [2.24, 2.45) is 0 Å². The van der Waals surface area contributed by atoms with Crippen molar-refractivity contribution >= 4 is 10.8 Å². The standard InChI is InChI=1S/C31H24/c1-3-12-24(13-4-1)30-22-26-15-9-10-18-29(26)31(30,27-16-5-2-6-17-27)28-20-19-23-11-7-8-14-25(23)21-28/h1-21,30H,22H2. The van der Waals surface area contributed by atoms with Crippen LogP contribution in [-0.4, -0.2) is 0 Å². The van der Waals surface area contributed by atoms with E-state index < -0.39 is 0 Å². The predicted molar refractivity (Wildman–Crippen MR) is 130 cm³/mol. The highest BCUT2D eigenvalue weighted by molar-refractivity contribution is 5.84. The second-order valence-electron chi connectivity index (χ2n) is 8.56. The fourth-order valence-electron chi connectivity index (χ4n) is 5.71. The Balaban J connectivity index is 1.72. The molecule has 0 aliphatic heterocycles. The summed E-state index contributed by atoms with van der Waals surface area (Å²) in [5.74, 6) is 0.342. The van der Waals surface area contributed by atoms with Gasteiger partial charge >= 0.3 is 0 Å². The summed E-state index contributed by atoms with van der Waals surface area (Å²) in [7, 11) is 0. The molecule has 0 nitrogen and oxygen atoms in total. The SMILES string of the molecule is c1ccc(C2Cc3ccccc3C2(c2ccccc2)c2ccc3ccccc3c2)cc1. The lowest BCUT2D eigenvalue weighted by Crippen LogP contribution is -2.33. The van der Waals surface area contributed by atoms with Crippen LogP contribution < -0.4 is 0 Å². The van der Waals surface area contributed by atoms with E-state index in [1.54, 1.807) is 0 Å². The van der Waals surface area contributed by atoms with Gasteiger partial charge in [0.05, 0.1) is 5.41 Å². The second-order valence-corrected chi connectivity index (χ2v) is 8.56. The summed E-state index contributed by atoms with van der Waals surface area (Å²) in [6, 6.07) is 47.0. The lowest BCUT2D eigenvalue weighted by Gasteiger charge is -2.39. The number of rotatable bonds is 3. The highest BCUT2D eigenvalue weighted by atomic mass is 14.5. The van der Waals surface area contributed by atoms with Gasteiger partial charge in [-0.2, -0.15) is 0 Å². The maximum Gasteiger partial charge on any atom is 0.0525 e. The number of hydrogen-bond donors (Lipinski definition) is 0. The molecule has 0 saturated carbocycles. The molecule has 2 unspecified atom stereocenters. The Morgan fingerprint density at radius 2 is 1.16 bits per heavy atom. The van der Waals surface area contributed by atoms with Crippen molar-refractivity contribution in [2.75, 3.05) is 0 Å². The molecule has 0 N–H and O–H groups in total. The van der Waals surface area contributed by atoms with Gasteiger partial charge in [0.25, 0.3) is 0 Å². The zero-order chi connectivity index (χ0) is 20.7. The van der Waals surface area contributed by atoms with Crippen LogP contribution >= 0.6 is 0 Å². The van der Waals surface area contributed by atoms with E-state index in [-0.39, 0.29) is 5.41 Å². The zero-order valence-electron chi connectivity index (χ0n) is 17.4. The Kier molecular flexibility index (Phi) is 4.25. The highest BCUT2D eigenvalue weighted by Gasteiger charge is 2.49. The highest BCUT2D eigenvalue weighted by Crippen LogP contribution is 2.56. The first-order valence-electron chi connectivity index (χ1n) is 11.1. The van der Waals surface area contributed by atoms with E-state index in [2.05, 4.69) is 127 Å². The minimum Gasteiger partial charge on any atom is -0.0622 e. The lowest BCUT2D eigenvalue weighted by atomic mass is 9.63. The van der Waals surface area contributed by atoms with Crippen molar-refractivity contribution in [3.63, 3.8) is 0 Å². The summed E-state index contributed by atoms with van der Waals surface area (Å²) >= 11 is 0. The summed E-state index contributed by atoms with van der Waals surface area (Å²) in [6.07, 6.45) is 1.04. The van der Waals surface area contributed by atoms with E-state index in [0.29, 0.717) is 5.92 Å². The molecule has 5 aromatic rings. The molecular formula is C31H24. The lowest BCUT2D eigenvalue weighted by molar-refractivity contribution is 0.521. The largest absolute Gasteiger partial charge is 0.0622 e. The van der Waals surface area contributed by atoms with Gasteiger partial charge in [-0.1, -0.05) is 121 Å². The van der Waals surface area contributed by atoms with Crippen LogP contribution in [0.2, 0.25) is 0 Å². The van der Waals surface area contributed by atoms with Gasteiger partial charge in [0, 0.05) is 5.92 Å². The summed E-state index contributed by atoms with van der Waals surface area (Å²) in [5, 5.41) is 2.59. The molecule has 0 aromatic heterocycles. The minimum atomic E-state index is -0.219. The van der Waals surface area contributed by atoms with Gasteiger partial charge < -0.3 is 0 Å². The van der Waals surface area contributed by atoms with E-state index in [1.807, 2.05) is 0 Å². The van der Waals surface area contributed by atoms with E-state index in [9.17, 15) is 0 Å². The van der Waals surface area contributed by atoms with E-state index in [1.165, 1.54) is 38.6 Å². The number of benzene rings is 5. The van der Waals surface area contributed by atoms with Crippen molar-refractivity contribution in [3.8, 4) is 0 Å². The molecule has 5 aromatic carbocycles. The first-order valence-corrected chi connectivity index (χ1v) is 11.1. The first kappa shape index (κ1) is 18.2. The third kappa shape index (κ3) is 2.75. The average Bonchev–Trinajstić information content (AvgIpc) is 3.21. The Bertz CT molecular complexity index is 1350. The quantitative estimate of drug-likeness (QED) is 0.296. The monoisotopic (exact) mass is 396 g/mol. The molecule has 148 valence electrons. The molecule has 0 fully saturated rings. The van der Waals surface area contributed by atoms with E-state index >= 15 is 0 Å². The molecule has 6 rings (SSSR count). The van der Waals surface area contributed by atoms with Crippen LogP contribution in [0.1, 0.15) is 33.7 Å². The van der Waals surface area contributed by atoms with Gasteiger partial charge in [-0.05, 0) is 51.1 Å². The predicted octanol–water partition coefficient (Wildman–Crippen LogP) is 7.51. The molecule has 2 atom stereocenters. The van der Waals surface area contributed by atoms with Crippen LogP contribution in [0.3, 0.4) is 0 Å². The van der Waals surface area contributed by atoms with Crippen LogP contribution in [0, 0.1) is 0 Å². The molecule has 0 heteroatoms. The average molecular weight is 397 g/mol. The van der Waals surface area contributed by atoms with Crippen LogP contribution in [0.5, 0.6) is 0 Å². The second kappa shape index (κ2) is 7.25.